The predicted octanol–water partition coefficient (Wildman–Crippen LogP) is 2.07. The van der Waals surface area contributed by atoms with Crippen LogP contribution in [0.2, 0.25) is 0 Å². The molecule has 0 aliphatic rings. The Morgan fingerprint density at radius 3 is 2.31 bits per heavy atom. The first-order valence-corrected chi connectivity index (χ1v) is 4.94. The van der Waals surface area contributed by atoms with Crippen molar-refractivity contribution in [2.24, 2.45) is 0 Å². The van der Waals surface area contributed by atoms with E-state index in [1.54, 1.807) is 36.7 Å². The molecular weight excluding hydrogens is 204 g/mol. The molecule has 1 N–H and O–H groups in total. The maximum absolute atomic E-state index is 8.88. The smallest absolute Gasteiger partial charge is 0.321 e. The summed E-state index contributed by atoms with van der Waals surface area (Å²) in [5, 5.41) is 8.88. The van der Waals surface area contributed by atoms with Gasteiger partial charge in [0.05, 0.1) is 6.61 Å². The van der Waals surface area contributed by atoms with Crippen LogP contribution < -0.4 is 4.74 Å². The first kappa shape index (κ1) is 10.6. The molecule has 0 bridgehead atoms. The standard InChI is InChI=1S/C12H12N2O2/c1-9-6-13-12(14-7-9)16-11-4-2-10(8-15)3-5-11/h2-7,15H,8H2,1H3. The molecule has 0 aliphatic carbocycles. The van der Waals surface area contributed by atoms with Gasteiger partial charge in [-0.25, -0.2) is 9.97 Å². The monoisotopic (exact) mass is 216 g/mol. The van der Waals surface area contributed by atoms with Crippen LogP contribution in [0, 0.1) is 6.92 Å². The second kappa shape index (κ2) is 4.72. The van der Waals surface area contributed by atoms with Crippen LogP contribution in [-0.4, -0.2) is 15.1 Å². The molecule has 16 heavy (non-hydrogen) atoms. The SMILES string of the molecule is Cc1cnc(Oc2ccc(CO)cc2)nc1. The summed E-state index contributed by atoms with van der Waals surface area (Å²) in [5.41, 5.74) is 1.83. The Hall–Kier alpha value is -1.94. The number of aromatic nitrogens is 2. The van der Waals surface area contributed by atoms with E-state index in [-0.39, 0.29) is 6.61 Å². The van der Waals surface area contributed by atoms with Crippen molar-refractivity contribution in [1.29, 1.82) is 0 Å². The zero-order valence-electron chi connectivity index (χ0n) is 8.92. The maximum atomic E-state index is 8.88. The second-order valence-corrected chi connectivity index (χ2v) is 3.45. The van der Waals surface area contributed by atoms with E-state index in [9.17, 15) is 0 Å². The molecule has 0 aliphatic heterocycles. The van der Waals surface area contributed by atoms with Crippen molar-refractivity contribution in [2.75, 3.05) is 0 Å². The summed E-state index contributed by atoms with van der Waals surface area (Å²) in [6.45, 7) is 1.95. The molecule has 1 aromatic heterocycles. The second-order valence-electron chi connectivity index (χ2n) is 3.45. The van der Waals surface area contributed by atoms with Gasteiger partial charge in [-0.2, -0.15) is 0 Å². The van der Waals surface area contributed by atoms with Gasteiger partial charge in [0.25, 0.3) is 0 Å². The number of hydrogen-bond acceptors (Lipinski definition) is 4. The maximum Gasteiger partial charge on any atom is 0.321 e. The molecule has 1 heterocycles. The molecule has 0 saturated carbocycles. The van der Waals surface area contributed by atoms with Crippen molar-refractivity contribution in [3.8, 4) is 11.8 Å². The number of nitrogens with zero attached hydrogens (tertiary/aromatic N) is 2. The first-order chi connectivity index (χ1) is 7.78. The molecule has 2 aromatic rings. The van der Waals surface area contributed by atoms with Crippen LogP contribution in [0.25, 0.3) is 0 Å². The molecule has 1 aromatic carbocycles. The van der Waals surface area contributed by atoms with Crippen LogP contribution in [0.3, 0.4) is 0 Å². The summed E-state index contributed by atoms with van der Waals surface area (Å²) in [6.07, 6.45) is 3.40. The van der Waals surface area contributed by atoms with Crippen molar-refractivity contribution >= 4 is 0 Å². The molecule has 0 unspecified atom stereocenters. The van der Waals surface area contributed by atoms with Crippen molar-refractivity contribution in [1.82, 2.24) is 9.97 Å². The lowest BCUT2D eigenvalue weighted by atomic mass is 10.2. The fourth-order valence-corrected chi connectivity index (χ4v) is 1.20. The van der Waals surface area contributed by atoms with E-state index >= 15 is 0 Å². The lowest BCUT2D eigenvalue weighted by Crippen LogP contribution is -1.92. The van der Waals surface area contributed by atoms with Gasteiger partial charge in [0.2, 0.25) is 0 Å². The highest BCUT2D eigenvalue weighted by Crippen LogP contribution is 2.17. The van der Waals surface area contributed by atoms with E-state index in [0.717, 1.165) is 11.1 Å². The van der Waals surface area contributed by atoms with Gasteiger partial charge in [0.1, 0.15) is 5.75 Å². The summed E-state index contributed by atoms with van der Waals surface area (Å²) in [6, 6.07) is 7.46. The van der Waals surface area contributed by atoms with Gasteiger partial charge in [-0.1, -0.05) is 12.1 Å². The van der Waals surface area contributed by atoms with Crippen LogP contribution in [0.4, 0.5) is 0 Å². The largest absolute Gasteiger partial charge is 0.424 e. The van der Waals surface area contributed by atoms with E-state index < -0.39 is 0 Å². The van der Waals surface area contributed by atoms with Crippen molar-refractivity contribution < 1.29 is 9.84 Å². The van der Waals surface area contributed by atoms with Crippen molar-refractivity contribution in [3.05, 3.63) is 47.8 Å². The number of ether oxygens (including phenoxy) is 1. The zero-order chi connectivity index (χ0) is 11.4. The Morgan fingerprint density at radius 1 is 1.12 bits per heavy atom. The first-order valence-electron chi connectivity index (χ1n) is 4.94. The Bertz CT molecular complexity index is 451. The normalized spacial score (nSPS) is 10.1. The van der Waals surface area contributed by atoms with Gasteiger partial charge in [-0.3, -0.25) is 0 Å². The lowest BCUT2D eigenvalue weighted by molar-refractivity contribution is 0.281. The third-order valence-corrected chi connectivity index (χ3v) is 2.07. The third-order valence-electron chi connectivity index (χ3n) is 2.07. The molecule has 0 amide bonds. The van der Waals surface area contributed by atoms with E-state index in [1.165, 1.54) is 0 Å². The molecule has 0 fully saturated rings. The molecule has 0 spiro atoms. The minimum absolute atomic E-state index is 0.0291. The van der Waals surface area contributed by atoms with Crippen molar-refractivity contribution in [2.45, 2.75) is 13.5 Å². The molecule has 2 rings (SSSR count). The third kappa shape index (κ3) is 2.55. The van der Waals surface area contributed by atoms with Crippen LogP contribution >= 0.6 is 0 Å². The number of aliphatic hydroxyl groups excluding tert-OH is 1. The number of aliphatic hydroxyl groups is 1. The van der Waals surface area contributed by atoms with Crippen LogP contribution in [0.5, 0.6) is 11.8 Å². The quantitative estimate of drug-likeness (QED) is 0.853. The highest BCUT2D eigenvalue weighted by Gasteiger charge is 1.99. The summed E-state index contributed by atoms with van der Waals surface area (Å²) in [5.74, 6) is 0.654. The average molecular weight is 216 g/mol. The number of rotatable bonds is 3. The topological polar surface area (TPSA) is 55.2 Å². The van der Waals surface area contributed by atoms with E-state index in [2.05, 4.69) is 9.97 Å². The average Bonchev–Trinajstić information content (AvgIpc) is 2.33. The molecule has 82 valence electrons. The molecule has 0 atom stereocenters. The minimum Gasteiger partial charge on any atom is -0.424 e. The summed E-state index contributed by atoms with van der Waals surface area (Å²) >= 11 is 0. The highest BCUT2D eigenvalue weighted by atomic mass is 16.5. The Kier molecular flexibility index (Phi) is 3.12. The van der Waals surface area contributed by atoms with E-state index in [0.29, 0.717) is 11.8 Å². The van der Waals surface area contributed by atoms with Crippen LogP contribution in [0.15, 0.2) is 36.7 Å². The van der Waals surface area contributed by atoms with Gasteiger partial charge in [-0.05, 0) is 30.2 Å². The Morgan fingerprint density at radius 2 is 1.75 bits per heavy atom. The van der Waals surface area contributed by atoms with Crippen molar-refractivity contribution in [3.63, 3.8) is 0 Å². The molecule has 0 radical (unpaired) electrons. The van der Waals surface area contributed by atoms with E-state index in [1.807, 2.05) is 6.92 Å². The predicted molar refractivity (Wildman–Crippen MR) is 59.2 cm³/mol. The minimum atomic E-state index is 0.0291. The van der Waals surface area contributed by atoms with Gasteiger partial charge in [0.15, 0.2) is 0 Å². The number of hydrogen-bond donors (Lipinski definition) is 1. The summed E-state index contributed by atoms with van der Waals surface area (Å²) in [4.78, 5) is 8.07. The van der Waals surface area contributed by atoms with Gasteiger partial charge < -0.3 is 9.84 Å². The lowest BCUT2D eigenvalue weighted by Gasteiger charge is -2.03. The molecule has 4 heteroatoms. The fourth-order valence-electron chi connectivity index (χ4n) is 1.20. The van der Waals surface area contributed by atoms with Gasteiger partial charge in [-0.15, -0.1) is 0 Å². The zero-order valence-corrected chi connectivity index (χ0v) is 8.92. The summed E-state index contributed by atoms with van der Waals surface area (Å²) in [7, 11) is 0. The number of aryl methyl sites for hydroxylation is 1. The number of benzene rings is 1. The molecular formula is C12H12N2O2. The van der Waals surface area contributed by atoms with Gasteiger partial charge >= 0.3 is 6.01 Å². The van der Waals surface area contributed by atoms with E-state index in [4.69, 9.17) is 9.84 Å². The van der Waals surface area contributed by atoms with Gasteiger partial charge in [0, 0.05) is 12.4 Å². The van der Waals surface area contributed by atoms with Crippen LogP contribution in [-0.2, 0) is 6.61 Å². The summed E-state index contributed by atoms with van der Waals surface area (Å²) < 4.78 is 5.43. The Balaban J connectivity index is 2.11. The Labute approximate surface area is 93.6 Å². The van der Waals surface area contributed by atoms with Crippen LogP contribution in [0.1, 0.15) is 11.1 Å². The fraction of sp³-hybridized carbons (Fsp3) is 0.167. The highest BCUT2D eigenvalue weighted by molar-refractivity contribution is 5.28. The molecule has 4 nitrogen and oxygen atoms in total. The molecule has 0 saturated heterocycles.